The smallest absolute Gasteiger partial charge is 0.245 e. The van der Waals surface area contributed by atoms with E-state index < -0.39 is 22.0 Å². The van der Waals surface area contributed by atoms with Crippen molar-refractivity contribution >= 4 is 44.8 Å². The molecule has 0 saturated heterocycles. The van der Waals surface area contributed by atoms with Crippen molar-refractivity contribution in [1.82, 2.24) is 4.72 Å². The van der Waals surface area contributed by atoms with Crippen molar-refractivity contribution in [1.29, 1.82) is 0 Å². The van der Waals surface area contributed by atoms with Crippen molar-refractivity contribution in [3.05, 3.63) is 87.9 Å². The van der Waals surface area contributed by atoms with Gasteiger partial charge in [0, 0.05) is 15.7 Å². The third-order valence-corrected chi connectivity index (χ3v) is 6.89. The Hall–Kier alpha value is -2.58. The first-order chi connectivity index (χ1) is 15.2. The Morgan fingerprint density at radius 2 is 1.75 bits per heavy atom. The highest BCUT2D eigenvalue weighted by Gasteiger charge is 2.28. The van der Waals surface area contributed by atoms with Crippen LogP contribution in [0.3, 0.4) is 0 Å². The summed E-state index contributed by atoms with van der Waals surface area (Å²) in [4.78, 5) is 12.9. The number of sulfonamides is 1. The molecule has 3 aromatic rings. The summed E-state index contributed by atoms with van der Waals surface area (Å²) in [5.74, 6) is -0.413. The zero-order valence-corrected chi connectivity index (χ0v) is 19.8. The van der Waals surface area contributed by atoms with Gasteiger partial charge in [-0.1, -0.05) is 59.6 Å². The molecule has 1 atom stereocenters. The van der Waals surface area contributed by atoms with Gasteiger partial charge in [-0.2, -0.15) is 4.72 Å². The molecule has 2 N–H and O–H groups in total. The topological polar surface area (TPSA) is 84.5 Å². The normalized spacial score (nSPS) is 12.2. The van der Waals surface area contributed by atoms with Gasteiger partial charge in [0.25, 0.3) is 0 Å². The van der Waals surface area contributed by atoms with Crippen LogP contribution in [0.25, 0.3) is 0 Å². The summed E-state index contributed by atoms with van der Waals surface area (Å²) in [6.45, 7) is 1.85. The molecule has 32 heavy (non-hydrogen) atoms. The average Bonchev–Trinajstić information content (AvgIpc) is 2.76. The second kappa shape index (κ2) is 10.4. The van der Waals surface area contributed by atoms with Gasteiger partial charge in [0.15, 0.2) is 0 Å². The van der Waals surface area contributed by atoms with Crippen LogP contribution in [-0.2, 0) is 21.2 Å². The maximum Gasteiger partial charge on any atom is 0.245 e. The van der Waals surface area contributed by atoms with Gasteiger partial charge in [-0.25, -0.2) is 8.42 Å². The molecule has 6 nitrogen and oxygen atoms in total. The molecule has 3 rings (SSSR count). The van der Waals surface area contributed by atoms with Gasteiger partial charge < -0.3 is 10.1 Å². The summed E-state index contributed by atoms with van der Waals surface area (Å²) >= 11 is 12.2. The lowest BCUT2D eigenvalue weighted by Gasteiger charge is -2.20. The van der Waals surface area contributed by atoms with E-state index in [1.165, 1.54) is 25.3 Å². The maximum absolute atomic E-state index is 13.2. The van der Waals surface area contributed by atoms with Crippen LogP contribution in [0.15, 0.2) is 71.6 Å². The van der Waals surface area contributed by atoms with E-state index in [0.717, 1.165) is 11.1 Å². The van der Waals surface area contributed by atoms with E-state index >= 15 is 0 Å². The molecule has 0 saturated carbocycles. The molecule has 0 aromatic heterocycles. The summed E-state index contributed by atoms with van der Waals surface area (Å²) in [7, 11) is -2.78. The average molecular weight is 493 g/mol. The fourth-order valence-electron chi connectivity index (χ4n) is 3.05. The fourth-order valence-corrected chi connectivity index (χ4v) is 4.86. The highest BCUT2D eigenvalue weighted by molar-refractivity contribution is 7.89. The summed E-state index contributed by atoms with van der Waals surface area (Å²) in [6.07, 6.45) is 0.133. The number of methoxy groups -OCH3 is 1. The van der Waals surface area contributed by atoms with Gasteiger partial charge in [-0.3, -0.25) is 4.79 Å². The maximum atomic E-state index is 13.2. The number of halogens is 2. The Balaban J connectivity index is 1.92. The van der Waals surface area contributed by atoms with E-state index in [2.05, 4.69) is 10.0 Å². The molecule has 0 heterocycles. The molecule has 0 unspecified atom stereocenters. The van der Waals surface area contributed by atoms with Crippen LogP contribution in [-0.4, -0.2) is 27.5 Å². The largest absolute Gasteiger partial charge is 0.495 e. The molecule has 0 aliphatic carbocycles. The minimum atomic E-state index is -4.14. The van der Waals surface area contributed by atoms with Gasteiger partial charge in [0.2, 0.25) is 15.9 Å². The highest BCUT2D eigenvalue weighted by atomic mass is 35.5. The number of aryl methyl sites for hydroxylation is 1. The molecular weight excluding hydrogens is 471 g/mol. The predicted octanol–water partition coefficient (Wildman–Crippen LogP) is 4.84. The Bertz CT molecular complexity index is 1220. The first kappa shape index (κ1) is 24.1. The van der Waals surface area contributed by atoms with Gasteiger partial charge in [0.1, 0.15) is 16.7 Å². The molecule has 168 valence electrons. The second-order valence-corrected chi connectivity index (χ2v) is 9.64. The van der Waals surface area contributed by atoms with Gasteiger partial charge in [0.05, 0.1) is 7.11 Å². The standard InChI is InChI=1S/C23H22Cl2N2O4S/c1-15-8-10-18(14-19(15)25)26-23(28)20(12-16-6-4-3-5-7-16)27-32(29,30)22-13-17(24)9-11-21(22)31-2/h3-11,13-14,20,27H,12H2,1-2H3,(H,26,28)/t20-/m1/s1. The third kappa shape index (κ3) is 6.01. The van der Waals surface area contributed by atoms with E-state index in [0.29, 0.717) is 10.7 Å². The van der Waals surface area contributed by atoms with Crippen LogP contribution in [0.4, 0.5) is 5.69 Å². The van der Waals surface area contributed by atoms with Crippen LogP contribution < -0.4 is 14.8 Å². The summed E-state index contributed by atoms with van der Waals surface area (Å²) < 4.78 is 34.0. The number of rotatable bonds is 8. The van der Waals surface area contributed by atoms with Gasteiger partial charge >= 0.3 is 0 Å². The van der Waals surface area contributed by atoms with Crippen LogP contribution >= 0.6 is 23.2 Å². The van der Waals surface area contributed by atoms with E-state index in [1.807, 2.05) is 37.3 Å². The minimum Gasteiger partial charge on any atom is -0.495 e. The second-order valence-electron chi connectivity index (χ2n) is 7.11. The van der Waals surface area contributed by atoms with E-state index in [-0.39, 0.29) is 22.1 Å². The number of carbonyl (C=O) groups excluding carboxylic acids is 1. The SMILES string of the molecule is COc1ccc(Cl)cc1S(=O)(=O)N[C@H](Cc1ccccc1)C(=O)Nc1ccc(C)c(Cl)c1. The van der Waals surface area contributed by atoms with Gasteiger partial charge in [-0.15, -0.1) is 0 Å². The number of amides is 1. The Labute approximate surface area is 197 Å². The predicted molar refractivity (Wildman–Crippen MR) is 127 cm³/mol. The highest BCUT2D eigenvalue weighted by Crippen LogP contribution is 2.27. The van der Waals surface area contributed by atoms with E-state index in [1.54, 1.807) is 18.2 Å². The minimum absolute atomic E-state index is 0.117. The fraction of sp³-hybridized carbons (Fsp3) is 0.174. The van der Waals surface area contributed by atoms with Crippen LogP contribution in [0, 0.1) is 6.92 Å². The third-order valence-electron chi connectivity index (χ3n) is 4.75. The first-order valence-electron chi connectivity index (χ1n) is 9.66. The van der Waals surface area contributed by atoms with Crippen LogP contribution in [0.2, 0.25) is 10.0 Å². The molecule has 0 aliphatic heterocycles. The molecule has 0 aliphatic rings. The lowest BCUT2D eigenvalue weighted by Crippen LogP contribution is -2.45. The van der Waals surface area contributed by atoms with Crippen molar-refractivity contribution in [3.63, 3.8) is 0 Å². The molecule has 0 spiro atoms. The van der Waals surface area contributed by atoms with E-state index in [4.69, 9.17) is 27.9 Å². The van der Waals surface area contributed by atoms with Crippen LogP contribution in [0.5, 0.6) is 5.75 Å². The Morgan fingerprint density at radius 1 is 1.03 bits per heavy atom. The van der Waals surface area contributed by atoms with Crippen molar-refractivity contribution in [2.75, 3.05) is 12.4 Å². The zero-order valence-electron chi connectivity index (χ0n) is 17.4. The molecular formula is C23H22Cl2N2O4S. The van der Waals surface area contributed by atoms with Crippen molar-refractivity contribution in [3.8, 4) is 5.75 Å². The Kier molecular flexibility index (Phi) is 7.79. The lowest BCUT2D eigenvalue weighted by molar-refractivity contribution is -0.117. The number of benzene rings is 3. The number of anilines is 1. The lowest BCUT2D eigenvalue weighted by atomic mass is 10.1. The zero-order chi connectivity index (χ0) is 23.3. The van der Waals surface area contributed by atoms with Crippen molar-refractivity contribution in [2.24, 2.45) is 0 Å². The summed E-state index contributed by atoms with van der Waals surface area (Å²) in [6, 6.07) is 17.3. The number of ether oxygens (including phenoxy) is 1. The molecule has 0 bridgehead atoms. The summed E-state index contributed by atoms with van der Waals surface area (Å²) in [5.41, 5.74) is 2.11. The molecule has 0 fully saturated rings. The van der Waals surface area contributed by atoms with Crippen molar-refractivity contribution in [2.45, 2.75) is 24.3 Å². The molecule has 3 aromatic carbocycles. The number of hydrogen-bond donors (Lipinski definition) is 2. The van der Waals surface area contributed by atoms with Gasteiger partial charge in [-0.05, 0) is 54.8 Å². The first-order valence-corrected chi connectivity index (χ1v) is 11.9. The monoisotopic (exact) mass is 492 g/mol. The van der Waals surface area contributed by atoms with Crippen LogP contribution in [0.1, 0.15) is 11.1 Å². The molecule has 9 heteroatoms. The number of hydrogen-bond acceptors (Lipinski definition) is 4. The Morgan fingerprint density at radius 3 is 2.41 bits per heavy atom. The van der Waals surface area contributed by atoms with E-state index in [9.17, 15) is 13.2 Å². The summed E-state index contributed by atoms with van der Waals surface area (Å²) in [5, 5.41) is 3.46. The van der Waals surface area contributed by atoms with Crippen molar-refractivity contribution < 1.29 is 17.9 Å². The number of carbonyl (C=O) groups is 1. The quantitative estimate of drug-likeness (QED) is 0.471. The molecule has 0 radical (unpaired) electrons. The molecule has 1 amide bonds. The number of nitrogens with one attached hydrogen (secondary N) is 2.